The lowest BCUT2D eigenvalue weighted by Crippen LogP contribution is -1.90. The molecule has 1 rings (SSSR count). The molecule has 1 fully saturated rings. The van der Waals surface area contributed by atoms with Crippen molar-refractivity contribution in [1.82, 2.24) is 0 Å². The quantitative estimate of drug-likeness (QED) is 0.536. The number of hydrogen-bond acceptors (Lipinski definition) is 0. The van der Waals surface area contributed by atoms with E-state index in [0.717, 1.165) is 18.3 Å². The van der Waals surface area contributed by atoms with E-state index >= 15 is 0 Å². The van der Waals surface area contributed by atoms with Crippen molar-refractivity contribution in [3.63, 3.8) is 0 Å². The van der Waals surface area contributed by atoms with Crippen LogP contribution in [0.1, 0.15) is 66.2 Å². The van der Waals surface area contributed by atoms with Crippen molar-refractivity contribution in [2.24, 2.45) is 11.8 Å². The van der Waals surface area contributed by atoms with Crippen molar-refractivity contribution >= 4 is 0 Å². The van der Waals surface area contributed by atoms with E-state index in [4.69, 9.17) is 0 Å². The molecule has 0 bridgehead atoms. The lowest BCUT2D eigenvalue weighted by atomic mass is 10.0. The van der Waals surface area contributed by atoms with Crippen LogP contribution in [0.3, 0.4) is 0 Å². The van der Waals surface area contributed by atoms with Crippen LogP contribution in [-0.2, 0) is 0 Å². The molecule has 0 heteroatoms. The van der Waals surface area contributed by atoms with Crippen molar-refractivity contribution in [2.45, 2.75) is 66.2 Å². The molecule has 0 aromatic rings. The van der Waals surface area contributed by atoms with Gasteiger partial charge in [-0.25, -0.2) is 0 Å². The molecule has 0 nitrogen and oxygen atoms in total. The van der Waals surface area contributed by atoms with E-state index in [9.17, 15) is 0 Å². The van der Waals surface area contributed by atoms with E-state index in [1.165, 1.54) is 37.7 Å². The van der Waals surface area contributed by atoms with Gasteiger partial charge >= 0.3 is 0 Å². The number of hydrogen-bond donors (Lipinski definition) is 0. The Balaban J connectivity index is 2.59. The van der Waals surface area contributed by atoms with Crippen LogP contribution in [0.4, 0.5) is 0 Å². The topological polar surface area (TPSA) is 0 Å². The molecule has 2 atom stereocenters. The van der Waals surface area contributed by atoms with E-state index in [1.54, 1.807) is 5.57 Å². The minimum atomic E-state index is 0.750. The highest BCUT2D eigenvalue weighted by atomic mass is 14.2. The zero-order chi connectivity index (χ0) is 12.7. The van der Waals surface area contributed by atoms with E-state index in [1.807, 2.05) is 0 Å². The van der Waals surface area contributed by atoms with Crippen LogP contribution in [0.15, 0.2) is 29.0 Å². The fourth-order valence-corrected chi connectivity index (χ4v) is 2.43. The van der Waals surface area contributed by atoms with Gasteiger partial charge in [-0.15, -0.1) is 5.73 Å². The maximum absolute atomic E-state index is 3.55. The Kier molecular flexibility index (Phi) is 6.37. The summed E-state index contributed by atoms with van der Waals surface area (Å²) >= 11 is 0. The second-order valence-electron chi connectivity index (χ2n) is 5.43. The van der Waals surface area contributed by atoms with Crippen LogP contribution in [0.2, 0.25) is 0 Å². The SMILES string of the molecule is CCC=C1C(=C=CCCC(C)CC)CCC1C. The largest absolute Gasteiger partial charge is 0.121 e. The molecule has 0 radical (unpaired) electrons. The monoisotopic (exact) mass is 232 g/mol. The second-order valence-corrected chi connectivity index (χ2v) is 5.43. The smallest absolute Gasteiger partial charge is 0.00319 e. The zero-order valence-corrected chi connectivity index (χ0v) is 12.1. The van der Waals surface area contributed by atoms with E-state index in [0.29, 0.717) is 0 Å². The molecule has 1 aliphatic rings. The summed E-state index contributed by atoms with van der Waals surface area (Å²) < 4.78 is 0. The summed E-state index contributed by atoms with van der Waals surface area (Å²) in [7, 11) is 0. The summed E-state index contributed by atoms with van der Waals surface area (Å²) in [5.74, 6) is 1.60. The first-order chi connectivity index (χ1) is 8.19. The first-order valence-corrected chi connectivity index (χ1v) is 7.33. The summed E-state index contributed by atoms with van der Waals surface area (Å²) in [5, 5.41) is 0. The number of allylic oxidation sites excluding steroid dienone is 3. The van der Waals surface area contributed by atoms with Crippen molar-refractivity contribution in [3.8, 4) is 0 Å². The molecule has 0 aromatic heterocycles. The summed E-state index contributed by atoms with van der Waals surface area (Å²) in [4.78, 5) is 0. The molecule has 0 aromatic carbocycles. The molecule has 1 aliphatic carbocycles. The van der Waals surface area contributed by atoms with Gasteiger partial charge in [0.25, 0.3) is 0 Å². The molecule has 0 spiro atoms. The van der Waals surface area contributed by atoms with Crippen LogP contribution >= 0.6 is 0 Å². The highest BCUT2D eigenvalue weighted by molar-refractivity contribution is 5.36. The van der Waals surface area contributed by atoms with Crippen molar-refractivity contribution in [1.29, 1.82) is 0 Å². The fraction of sp³-hybridized carbons (Fsp3) is 0.706. The molecule has 17 heavy (non-hydrogen) atoms. The normalized spacial score (nSPS) is 23.9. The van der Waals surface area contributed by atoms with Gasteiger partial charge in [0.05, 0.1) is 0 Å². The van der Waals surface area contributed by atoms with E-state index < -0.39 is 0 Å². The van der Waals surface area contributed by atoms with Crippen LogP contribution < -0.4 is 0 Å². The van der Waals surface area contributed by atoms with Gasteiger partial charge in [-0.3, -0.25) is 0 Å². The molecule has 0 saturated heterocycles. The molecule has 0 aliphatic heterocycles. The van der Waals surface area contributed by atoms with Gasteiger partial charge in [0.2, 0.25) is 0 Å². The summed E-state index contributed by atoms with van der Waals surface area (Å²) in [6.07, 6.45) is 12.1. The molecular formula is C17H28. The maximum Gasteiger partial charge on any atom is -0.00319 e. The molecule has 2 unspecified atom stereocenters. The van der Waals surface area contributed by atoms with Gasteiger partial charge in [-0.05, 0) is 61.2 Å². The van der Waals surface area contributed by atoms with Crippen LogP contribution in [0.5, 0.6) is 0 Å². The van der Waals surface area contributed by atoms with Gasteiger partial charge in [0.15, 0.2) is 0 Å². The lowest BCUT2D eigenvalue weighted by Gasteiger charge is -2.04. The van der Waals surface area contributed by atoms with Crippen molar-refractivity contribution < 1.29 is 0 Å². The van der Waals surface area contributed by atoms with Crippen molar-refractivity contribution in [3.05, 3.63) is 29.0 Å². The Hall–Kier alpha value is -0.740. The van der Waals surface area contributed by atoms with Gasteiger partial charge in [0, 0.05) is 0 Å². The Morgan fingerprint density at radius 1 is 1.41 bits per heavy atom. The predicted molar refractivity (Wildman–Crippen MR) is 77.1 cm³/mol. The highest BCUT2D eigenvalue weighted by Crippen LogP contribution is 2.35. The third kappa shape index (κ3) is 4.56. The molecule has 0 heterocycles. The third-order valence-corrected chi connectivity index (χ3v) is 3.91. The Morgan fingerprint density at radius 2 is 2.18 bits per heavy atom. The minimum Gasteiger partial charge on any atom is -0.121 e. The second kappa shape index (κ2) is 7.56. The summed E-state index contributed by atoms with van der Waals surface area (Å²) in [5.41, 5.74) is 6.59. The minimum absolute atomic E-state index is 0.750. The maximum atomic E-state index is 3.55. The first kappa shape index (κ1) is 14.3. The predicted octanol–water partition coefficient (Wildman–Crippen LogP) is 5.66. The molecule has 0 N–H and O–H groups in total. The Bertz CT molecular complexity index is 313. The third-order valence-electron chi connectivity index (χ3n) is 3.91. The van der Waals surface area contributed by atoms with Crippen molar-refractivity contribution in [2.75, 3.05) is 0 Å². The standard InChI is InChI=1S/C17H28/c1-5-9-17-15(4)12-13-16(17)11-8-7-10-14(3)6-2/h8-9,14-15H,5-7,10,12-13H2,1-4H3. The molecular weight excluding hydrogens is 204 g/mol. The molecule has 0 amide bonds. The van der Waals surface area contributed by atoms with Gasteiger partial charge in [-0.2, -0.15) is 0 Å². The van der Waals surface area contributed by atoms with Gasteiger partial charge in [-0.1, -0.05) is 40.2 Å². The van der Waals surface area contributed by atoms with Gasteiger partial charge in [0.1, 0.15) is 0 Å². The van der Waals surface area contributed by atoms with Crippen LogP contribution in [0.25, 0.3) is 0 Å². The number of rotatable bonds is 5. The average molecular weight is 232 g/mol. The average Bonchev–Trinajstić information content (AvgIpc) is 2.67. The fourth-order valence-electron chi connectivity index (χ4n) is 2.43. The lowest BCUT2D eigenvalue weighted by molar-refractivity contribution is 0.522. The van der Waals surface area contributed by atoms with Crippen LogP contribution in [-0.4, -0.2) is 0 Å². The van der Waals surface area contributed by atoms with Gasteiger partial charge < -0.3 is 0 Å². The van der Waals surface area contributed by atoms with E-state index in [-0.39, 0.29) is 0 Å². The first-order valence-electron chi connectivity index (χ1n) is 7.33. The zero-order valence-electron chi connectivity index (χ0n) is 12.1. The molecule has 96 valence electrons. The molecule has 1 saturated carbocycles. The Morgan fingerprint density at radius 3 is 2.82 bits per heavy atom. The van der Waals surface area contributed by atoms with E-state index in [2.05, 4.69) is 45.6 Å². The highest BCUT2D eigenvalue weighted by Gasteiger charge is 2.20. The Labute approximate surface area is 108 Å². The van der Waals surface area contributed by atoms with Crippen LogP contribution in [0, 0.1) is 11.8 Å². The summed E-state index contributed by atoms with van der Waals surface area (Å²) in [6, 6.07) is 0. The summed E-state index contributed by atoms with van der Waals surface area (Å²) in [6.45, 7) is 9.17.